The lowest BCUT2D eigenvalue weighted by molar-refractivity contribution is 0.0520. The third kappa shape index (κ3) is 1.65. The van der Waals surface area contributed by atoms with Gasteiger partial charge in [0.2, 0.25) is 0 Å². The van der Waals surface area contributed by atoms with Gasteiger partial charge in [-0.05, 0) is 24.5 Å². The van der Waals surface area contributed by atoms with Crippen LogP contribution in [0.4, 0.5) is 0 Å². The van der Waals surface area contributed by atoms with Crippen molar-refractivity contribution in [1.82, 2.24) is 19.3 Å². The molecule has 0 amide bonds. The number of fused-ring (bicyclic) bond motifs is 4. The van der Waals surface area contributed by atoms with Crippen LogP contribution in [-0.4, -0.2) is 24.4 Å². The zero-order chi connectivity index (χ0) is 15.6. The first-order valence-electron chi connectivity index (χ1n) is 8.07. The van der Waals surface area contributed by atoms with E-state index in [0.29, 0.717) is 0 Å². The Morgan fingerprint density at radius 3 is 3.00 bits per heavy atom. The third-order valence-electron chi connectivity index (χ3n) is 5.36. The van der Waals surface area contributed by atoms with Crippen LogP contribution in [0.5, 0.6) is 0 Å². The molecule has 5 rings (SSSR count). The molecule has 0 saturated carbocycles. The zero-order valence-electron chi connectivity index (χ0n) is 12.9. The van der Waals surface area contributed by atoms with Crippen LogP contribution in [0.1, 0.15) is 35.4 Å². The highest BCUT2D eigenvalue weighted by atomic mass is 16.3. The van der Waals surface area contributed by atoms with Crippen LogP contribution in [0.2, 0.25) is 0 Å². The number of aryl methyl sites for hydroxylation is 2. The van der Waals surface area contributed by atoms with Crippen LogP contribution >= 0.6 is 0 Å². The standard InChI is InChI=1S/C18H18N4O/c1-11-8-20-22-7-6-14(18(23)16(11)22)17-13-5-3-2-4-12(13)15-9-19-10-21(15)17/h2-5,8-10,14,17-18,23H,6-7H2,1H3/t14-,17+,18+/m1/s1. The molecular formula is C18H18N4O. The molecule has 3 atom stereocenters. The second-order valence-electron chi connectivity index (χ2n) is 6.55. The summed E-state index contributed by atoms with van der Waals surface area (Å²) >= 11 is 0. The van der Waals surface area contributed by atoms with E-state index in [1.165, 1.54) is 11.1 Å². The fourth-order valence-corrected chi connectivity index (χ4v) is 4.32. The van der Waals surface area contributed by atoms with Gasteiger partial charge in [0.1, 0.15) is 6.10 Å². The Morgan fingerprint density at radius 1 is 1.22 bits per heavy atom. The van der Waals surface area contributed by atoms with Crippen molar-refractivity contribution >= 4 is 0 Å². The topological polar surface area (TPSA) is 55.9 Å². The van der Waals surface area contributed by atoms with Crippen molar-refractivity contribution in [2.24, 2.45) is 5.92 Å². The molecule has 116 valence electrons. The molecule has 0 unspecified atom stereocenters. The molecule has 5 heteroatoms. The highest BCUT2D eigenvalue weighted by Gasteiger charge is 2.41. The van der Waals surface area contributed by atoms with Crippen molar-refractivity contribution in [2.45, 2.75) is 32.0 Å². The zero-order valence-corrected chi connectivity index (χ0v) is 12.9. The maximum Gasteiger partial charge on any atom is 0.101 e. The van der Waals surface area contributed by atoms with Crippen molar-refractivity contribution in [3.05, 3.63) is 59.8 Å². The van der Waals surface area contributed by atoms with Gasteiger partial charge in [0.25, 0.3) is 0 Å². The Balaban J connectivity index is 1.65. The predicted molar refractivity (Wildman–Crippen MR) is 85.8 cm³/mol. The maximum atomic E-state index is 11.0. The summed E-state index contributed by atoms with van der Waals surface area (Å²) in [6, 6.07) is 8.61. The Labute approximate surface area is 134 Å². The molecule has 23 heavy (non-hydrogen) atoms. The lowest BCUT2D eigenvalue weighted by Gasteiger charge is -2.34. The van der Waals surface area contributed by atoms with Crippen LogP contribution in [0, 0.1) is 12.8 Å². The van der Waals surface area contributed by atoms with Gasteiger partial charge in [-0.2, -0.15) is 5.10 Å². The molecule has 3 aromatic rings. The van der Waals surface area contributed by atoms with Gasteiger partial charge >= 0.3 is 0 Å². The molecule has 2 aliphatic rings. The molecule has 0 saturated heterocycles. The number of benzene rings is 1. The van der Waals surface area contributed by atoms with Crippen LogP contribution in [0.3, 0.4) is 0 Å². The van der Waals surface area contributed by atoms with Crippen molar-refractivity contribution in [3.8, 4) is 11.3 Å². The Bertz CT molecular complexity index is 894. The van der Waals surface area contributed by atoms with Crippen LogP contribution in [-0.2, 0) is 6.54 Å². The molecule has 0 aliphatic carbocycles. The monoisotopic (exact) mass is 306 g/mol. The first kappa shape index (κ1) is 13.1. The number of aromatic nitrogens is 4. The smallest absolute Gasteiger partial charge is 0.101 e. The number of rotatable bonds is 1. The number of aliphatic hydroxyl groups excluding tert-OH is 1. The first-order chi connectivity index (χ1) is 11.3. The summed E-state index contributed by atoms with van der Waals surface area (Å²) in [6.45, 7) is 2.88. The Morgan fingerprint density at radius 2 is 2.09 bits per heavy atom. The van der Waals surface area contributed by atoms with E-state index in [2.05, 4.69) is 38.9 Å². The molecule has 5 nitrogen and oxygen atoms in total. The summed E-state index contributed by atoms with van der Waals surface area (Å²) in [6.07, 6.45) is 6.07. The van der Waals surface area contributed by atoms with Gasteiger partial charge in [0, 0.05) is 18.0 Å². The van der Waals surface area contributed by atoms with E-state index in [1.54, 1.807) is 0 Å². The van der Waals surface area contributed by atoms with E-state index in [0.717, 1.165) is 29.9 Å². The molecule has 1 aromatic carbocycles. The number of aliphatic hydroxyl groups is 1. The van der Waals surface area contributed by atoms with Gasteiger partial charge in [0.15, 0.2) is 0 Å². The normalized spacial score (nSPS) is 25.0. The Kier molecular flexibility index (Phi) is 2.59. The summed E-state index contributed by atoms with van der Waals surface area (Å²) in [5.74, 6) is 0.134. The lowest BCUT2D eigenvalue weighted by Crippen LogP contribution is -2.31. The van der Waals surface area contributed by atoms with Crippen molar-refractivity contribution in [2.75, 3.05) is 0 Å². The summed E-state index contributed by atoms with van der Waals surface area (Å²) in [4.78, 5) is 4.33. The number of imidazole rings is 1. The quantitative estimate of drug-likeness (QED) is 0.752. The summed E-state index contributed by atoms with van der Waals surface area (Å²) in [7, 11) is 0. The summed E-state index contributed by atoms with van der Waals surface area (Å²) in [5.41, 5.74) is 5.71. The van der Waals surface area contributed by atoms with Crippen molar-refractivity contribution in [1.29, 1.82) is 0 Å². The van der Waals surface area contributed by atoms with E-state index in [-0.39, 0.29) is 12.0 Å². The van der Waals surface area contributed by atoms with Crippen LogP contribution in [0.25, 0.3) is 11.3 Å². The fourth-order valence-electron chi connectivity index (χ4n) is 4.32. The van der Waals surface area contributed by atoms with Crippen LogP contribution < -0.4 is 0 Å². The minimum absolute atomic E-state index is 0.134. The summed E-state index contributed by atoms with van der Waals surface area (Å²) in [5, 5.41) is 15.4. The molecule has 0 fully saturated rings. The van der Waals surface area contributed by atoms with Gasteiger partial charge in [0.05, 0.1) is 36.2 Å². The molecule has 4 heterocycles. The van der Waals surface area contributed by atoms with Crippen molar-refractivity contribution < 1.29 is 5.11 Å². The van der Waals surface area contributed by atoms with E-state index in [9.17, 15) is 5.11 Å². The average Bonchev–Trinajstić information content (AvgIpc) is 3.23. The molecular weight excluding hydrogens is 288 g/mol. The second kappa shape index (κ2) is 4.55. The van der Waals surface area contributed by atoms with Gasteiger partial charge in [-0.15, -0.1) is 0 Å². The molecule has 1 N–H and O–H groups in total. The predicted octanol–water partition coefficient (Wildman–Crippen LogP) is 2.71. The Hall–Kier alpha value is -2.40. The number of nitrogens with zero attached hydrogens (tertiary/aromatic N) is 4. The summed E-state index contributed by atoms with van der Waals surface area (Å²) < 4.78 is 4.17. The van der Waals surface area contributed by atoms with E-state index in [4.69, 9.17) is 0 Å². The van der Waals surface area contributed by atoms with E-state index in [1.807, 2.05) is 30.3 Å². The van der Waals surface area contributed by atoms with E-state index >= 15 is 0 Å². The molecule has 2 aromatic heterocycles. The highest BCUT2D eigenvalue weighted by molar-refractivity contribution is 5.69. The SMILES string of the molecule is Cc1cnn2c1[C@@H](O)[C@@H]([C@@H]1c3ccccc3-c3cncn31)CC2. The van der Waals surface area contributed by atoms with Gasteiger partial charge in [-0.25, -0.2) is 4.98 Å². The lowest BCUT2D eigenvalue weighted by atomic mass is 9.82. The number of hydrogen-bond acceptors (Lipinski definition) is 3. The number of hydrogen-bond donors (Lipinski definition) is 1. The minimum Gasteiger partial charge on any atom is -0.386 e. The minimum atomic E-state index is -0.502. The second-order valence-corrected chi connectivity index (χ2v) is 6.55. The first-order valence-corrected chi connectivity index (χ1v) is 8.07. The van der Waals surface area contributed by atoms with E-state index < -0.39 is 6.10 Å². The fraction of sp³-hybridized carbons (Fsp3) is 0.333. The third-order valence-corrected chi connectivity index (χ3v) is 5.36. The largest absolute Gasteiger partial charge is 0.386 e. The molecule has 0 spiro atoms. The van der Waals surface area contributed by atoms with Crippen LogP contribution in [0.15, 0.2) is 43.0 Å². The molecule has 0 radical (unpaired) electrons. The molecule has 0 bridgehead atoms. The van der Waals surface area contributed by atoms with Gasteiger partial charge in [-0.1, -0.05) is 24.3 Å². The average molecular weight is 306 g/mol. The highest BCUT2D eigenvalue weighted by Crippen LogP contribution is 2.48. The molecule has 2 aliphatic heterocycles. The van der Waals surface area contributed by atoms with Gasteiger partial charge < -0.3 is 9.67 Å². The van der Waals surface area contributed by atoms with Gasteiger partial charge in [-0.3, -0.25) is 4.68 Å². The van der Waals surface area contributed by atoms with Crippen molar-refractivity contribution in [3.63, 3.8) is 0 Å². The maximum absolute atomic E-state index is 11.0.